The molecular formula is C16H17N5O3S. The second-order valence-corrected chi connectivity index (χ2v) is 8.00. The third-order valence-corrected chi connectivity index (χ3v) is 6.51. The monoisotopic (exact) mass is 359 g/mol. The fourth-order valence-corrected chi connectivity index (χ4v) is 4.82. The molecule has 0 N–H and O–H groups in total. The van der Waals surface area contributed by atoms with Crippen LogP contribution in [0.3, 0.4) is 0 Å². The summed E-state index contributed by atoms with van der Waals surface area (Å²) in [6.45, 7) is 0.621. The van der Waals surface area contributed by atoms with Crippen LogP contribution in [-0.4, -0.2) is 44.9 Å². The van der Waals surface area contributed by atoms with Gasteiger partial charge in [-0.15, -0.1) is 0 Å². The van der Waals surface area contributed by atoms with Crippen molar-refractivity contribution in [3.05, 3.63) is 53.3 Å². The topological polar surface area (TPSA) is 90.1 Å². The number of aromatic nitrogens is 4. The van der Waals surface area contributed by atoms with Crippen LogP contribution in [0, 0.1) is 0 Å². The Balaban J connectivity index is 1.71. The van der Waals surface area contributed by atoms with Crippen LogP contribution in [0.15, 0.2) is 52.5 Å². The van der Waals surface area contributed by atoms with Gasteiger partial charge in [-0.1, -0.05) is 18.2 Å². The Labute approximate surface area is 144 Å². The molecular weight excluding hydrogens is 342 g/mol. The molecule has 1 aromatic carbocycles. The van der Waals surface area contributed by atoms with Gasteiger partial charge in [0.15, 0.2) is 5.65 Å². The molecule has 0 aliphatic carbocycles. The molecule has 1 unspecified atom stereocenters. The van der Waals surface area contributed by atoms with Crippen molar-refractivity contribution in [2.24, 2.45) is 7.05 Å². The predicted molar refractivity (Wildman–Crippen MR) is 91.6 cm³/mol. The summed E-state index contributed by atoms with van der Waals surface area (Å²) < 4.78 is 30.0. The van der Waals surface area contributed by atoms with Gasteiger partial charge in [0, 0.05) is 20.1 Å². The van der Waals surface area contributed by atoms with E-state index in [1.54, 1.807) is 48.1 Å². The zero-order chi connectivity index (χ0) is 17.6. The van der Waals surface area contributed by atoms with Crippen LogP contribution in [0.4, 0.5) is 0 Å². The first-order valence-corrected chi connectivity index (χ1v) is 9.36. The zero-order valence-electron chi connectivity index (χ0n) is 13.6. The highest BCUT2D eigenvalue weighted by Gasteiger charge is 2.35. The van der Waals surface area contributed by atoms with Gasteiger partial charge in [-0.2, -0.15) is 4.31 Å². The number of sulfonamides is 1. The molecule has 1 fully saturated rings. The van der Waals surface area contributed by atoms with E-state index >= 15 is 0 Å². The number of aryl methyl sites for hydroxylation is 1. The molecule has 0 amide bonds. The first-order valence-electron chi connectivity index (χ1n) is 7.92. The normalized spacial score (nSPS) is 18.8. The SMILES string of the molecule is Cn1c(=O)n(C2CCN(S(=O)(=O)c3ccccc3)C2)c2ncncc21. The molecule has 9 heteroatoms. The summed E-state index contributed by atoms with van der Waals surface area (Å²) >= 11 is 0. The summed E-state index contributed by atoms with van der Waals surface area (Å²) in [5, 5.41) is 0. The average molecular weight is 359 g/mol. The van der Waals surface area contributed by atoms with E-state index in [2.05, 4.69) is 9.97 Å². The van der Waals surface area contributed by atoms with Gasteiger partial charge in [-0.25, -0.2) is 23.2 Å². The van der Waals surface area contributed by atoms with Crippen molar-refractivity contribution >= 4 is 21.2 Å². The number of fused-ring (bicyclic) bond motifs is 1. The van der Waals surface area contributed by atoms with Gasteiger partial charge in [0.25, 0.3) is 0 Å². The maximum atomic E-state index is 12.8. The van der Waals surface area contributed by atoms with E-state index < -0.39 is 10.0 Å². The van der Waals surface area contributed by atoms with Crippen LogP contribution >= 0.6 is 0 Å². The standard InChI is InChI=1S/C16H17N5O3S/c1-19-14-9-17-11-18-15(14)21(16(19)22)12-7-8-20(10-12)25(23,24)13-5-3-2-4-6-13/h2-6,9,11-12H,7-8,10H2,1H3. The highest BCUT2D eigenvalue weighted by molar-refractivity contribution is 7.89. The van der Waals surface area contributed by atoms with Gasteiger partial charge in [-0.05, 0) is 18.6 Å². The molecule has 2 aromatic heterocycles. The van der Waals surface area contributed by atoms with E-state index in [0.29, 0.717) is 24.1 Å². The Morgan fingerprint density at radius 2 is 1.96 bits per heavy atom. The summed E-state index contributed by atoms with van der Waals surface area (Å²) in [5.41, 5.74) is 0.961. The van der Waals surface area contributed by atoms with E-state index in [1.807, 2.05) is 0 Å². The van der Waals surface area contributed by atoms with Gasteiger partial charge in [0.05, 0.1) is 17.1 Å². The Hall–Kier alpha value is -2.52. The lowest BCUT2D eigenvalue weighted by Crippen LogP contribution is -2.31. The van der Waals surface area contributed by atoms with Crippen molar-refractivity contribution in [1.29, 1.82) is 0 Å². The molecule has 1 aliphatic rings. The summed E-state index contributed by atoms with van der Waals surface area (Å²) in [7, 11) is -1.90. The molecule has 3 aromatic rings. The highest BCUT2D eigenvalue weighted by Crippen LogP contribution is 2.28. The summed E-state index contributed by atoms with van der Waals surface area (Å²) in [5.74, 6) is 0. The van der Waals surface area contributed by atoms with Crippen LogP contribution < -0.4 is 5.69 Å². The van der Waals surface area contributed by atoms with Crippen LogP contribution in [0.1, 0.15) is 12.5 Å². The Morgan fingerprint density at radius 1 is 1.20 bits per heavy atom. The Bertz CT molecular complexity index is 1090. The van der Waals surface area contributed by atoms with Crippen molar-refractivity contribution in [3.63, 3.8) is 0 Å². The fourth-order valence-electron chi connectivity index (χ4n) is 3.30. The van der Waals surface area contributed by atoms with Crippen molar-refractivity contribution in [2.45, 2.75) is 17.4 Å². The molecule has 130 valence electrons. The maximum Gasteiger partial charge on any atom is 0.330 e. The molecule has 1 aliphatic heterocycles. The first kappa shape index (κ1) is 16.0. The summed E-state index contributed by atoms with van der Waals surface area (Å²) in [6, 6.07) is 8.10. The molecule has 8 nitrogen and oxygen atoms in total. The van der Waals surface area contributed by atoms with E-state index in [4.69, 9.17) is 0 Å². The smallest absolute Gasteiger partial charge is 0.292 e. The van der Waals surface area contributed by atoms with Crippen molar-refractivity contribution in [3.8, 4) is 0 Å². The van der Waals surface area contributed by atoms with Crippen molar-refractivity contribution < 1.29 is 8.42 Å². The quantitative estimate of drug-likeness (QED) is 0.689. The van der Waals surface area contributed by atoms with Crippen molar-refractivity contribution in [2.75, 3.05) is 13.1 Å². The number of nitrogens with zero attached hydrogens (tertiary/aromatic N) is 5. The molecule has 3 heterocycles. The minimum absolute atomic E-state index is 0.209. The van der Waals surface area contributed by atoms with E-state index in [9.17, 15) is 13.2 Å². The molecule has 25 heavy (non-hydrogen) atoms. The average Bonchev–Trinajstić information content (AvgIpc) is 3.21. The molecule has 0 radical (unpaired) electrons. The van der Waals surface area contributed by atoms with Gasteiger partial charge in [0.2, 0.25) is 10.0 Å². The number of hydrogen-bond donors (Lipinski definition) is 0. The Morgan fingerprint density at radius 3 is 2.72 bits per heavy atom. The van der Waals surface area contributed by atoms with Gasteiger partial charge < -0.3 is 0 Å². The van der Waals surface area contributed by atoms with Crippen LogP contribution in [0.2, 0.25) is 0 Å². The number of hydrogen-bond acceptors (Lipinski definition) is 5. The molecule has 1 saturated heterocycles. The number of imidazole rings is 1. The molecule has 4 rings (SSSR count). The largest absolute Gasteiger partial charge is 0.330 e. The fraction of sp³-hybridized carbons (Fsp3) is 0.312. The van der Waals surface area contributed by atoms with Crippen LogP contribution in [-0.2, 0) is 17.1 Å². The van der Waals surface area contributed by atoms with Gasteiger partial charge in [-0.3, -0.25) is 9.13 Å². The zero-order valence-corrected chi connectivity index (χ0v) is 14.4. The first-order chi connectivity index (χ1) is 12.0. The van der Waals surface area contributed by atoms with E-state index in [0.717, 1.165) is 0 Å². The van der Waals surface area contributed by atoms with E-state index in [1.165, 1.54) is 15.2 Å². The molecule has 1 atom stereocenters. The number of benzene rings is 1. The van der Waals surface area contributed by atoms with Gasteiger partial charge >= 0.3 is 5.69 Å². The lowest BCUT2D eigenvalue weighted by molar-refractivity contribution is 0.449. The summed E-state index contributed by atoms with van der Waals surface area (Å²) in [4.78, 5) is 21.0. The van der Waals surface area contributed by atoms with Crippen molar-refractivity contribution in [1.82, 2.24) is 23.4 Å². The minimum atomic E-state index is -3.56. The van der Waals surface area contributed by atoms with Gasteiger partial charge in [0.1, 0.15) is 11.8 Å². The van der Waals surface area contributed by atoms with Crippen LogP contribution in [0.25, 0.3) is 11.2 Å². The lowest BCUT2D eigenvalue weighted by Gasteiger charge is -2.17. The highest BCUT2D eigenvalue weighted by atomic mass is 32.2. The van der Waals surface area contributed by atoms with E-state index in [-0.39, 0.29) is 23.2 Å². The molecule has 0 bridgehead atoms. The second kappa shape index (κ2) is 5.78. The Kier molecular flexibility index (Phi) is 3.69. The molecule has 0 saturated carbocycles. The predicted octanol–water partition coefficient (Wildman–Crippen LogP) is 0.766. The molecule has 0 spiro atoms. The lowest BCUT2D eigenvalue weighted by atomic mass is 10.2. The minimum Gasteiger partial charge on any atom is -0.292 e. The second-order valence-electron chi connectivity index (χ2n) is 6.06. The number of rotatable bonds is 3. The summed E-state index contributed by atoms with van der Waals surface area (Å²) in [6.07, 6.45) is 3.55. The third-order valence-electron chi connectivity index (χ3n) is 4.63. The third kappa shape index (κ3) is 2.47. The van der Waals surface area contributed by atoms with Crippen LogP contribution in [0.5, 0.6) is 0 Å². The maximum absolute atomic E-state index is 12.8.